The molecule has 0 fully saturated rings. The smallest absolute Gasteiger partial charge is 0.340 e. The molecule has 4 nitrogen and oxygen atoms in total. The molecule has 0 heterocycles. The molecule has 2 rings (SSSR count). The highest BCUT2D eigenvalue weighted by molar-refractivity contribution is 5.96. The molecule has 0 amide bonds. The zero-order valence-corrected chi connectivity index (χ0v) is 11.7. The summed E-state index contributed by atoms with van der Waals surface area (Å²) >= 11 is 0. The van der Waals surface area contributed by atoms with Gasteiger partial charge in [0.1, 0.15) is 5.82 Å². The zero-order chi connectivity index (χ0) is 15.2. The number of esters is 1. The number of benzene rings is 2. The van der Waals surface area contributed by atoms with Crippen LogP contribution in [0, 0.1) is 5.82 Å². The van der Waals surface area contributed by atoms with Gasteiger partial charge in [-0.2, -0.15) is 0 Å². The topological polar surface area (TPSA) is 64.3 Å². The summed E-state index contributed by atoms with van der Waals surface area (Å²) in [5.74, 6) is -0.694. The van der Waals surface area contributed by atoms with Gasteiger partial charge in [0.15, 0.2) is 0 Å². The predicted octanol–water partition coefficient (Wildman–Crippen LogP) is 2.85. The fourth-order valence-corrected chi connectivity index (χ4v) is 2.03. The van der Waals surface area contributed by atoms with Crippen LogP contribution in [-0.2, 0) is 11.2 Å². The molecule has 0 aliphatic carbocycles. The van der Waals surface area contributed by atoms with E-state index in [1.165, 1.54) is 13.2 Å². The first-order valence-electron chi connectivity index (χ1n) is 6.57. The average molecular weight is 288 g/mol. The van der Waals surface area contributed by atoms with E-state index in [1.54, 1.807) is 36.4 Å². The van der Waals surface area contributed by atoms with Gasteiger partial charge in [-0.25, -0.2) is 9.18 Å². The number of halogens is 1. The molecule has 110 valence electrons. The van der Waals surface area contributed by atoms with Crippen LogP contribution in [0.1, 0.15) is 15.9 Å². The Hall–Kier alpha value is -2.56. The summed E-state index contributed by atoms with van der Waals surface area (Å²) in [4.78, 5) is 11.7. The standard InChI is InChI=1S/C16H17FN2O2/c1-21-16(20)13-10-12(18)6-7-15(13)19-9-8-11-4-2-3-5-14(11)17/h2-7,10,19H,8-9,18H2,1H3. The van der Waals surface area contributed by atoms with Crippen molar-refractivity contribution in [3.05, 3.63) is 59.4 Å². The highest BCUT2D eigenvalue weighted by atomic mass is 19.1. The van der Waals surface area contributed by atoms with Crippen LogP contribution >= 0.6 is 0 Å². The van der Waals surface area contributed by atoms with Gasteiger partial charge in [-0.05, 0) is 36.2 Å². The van der Waals surface area contributed by atoms with Gasteiger partial charge in [0, 0.05) is 17.9 Å². The summed E-state index contributed by atoms with van der Waals surface area (Å²) in [6.07, 6.45) is 0.512. The SMILES string of the molecule is COC(=O)c1cc(N)ccc1NCCc1ccccc1F. The molecule has 0 aliphatic heterocycles. The second kappa shape index (κ2) is 6.74. The van der Waals surface area contributed by atoms with Gasteiger partial charge in [-0.3, -0.25) is 0 Å². The second-order valence-electron chi connectivity index (χ2n) is 4.56. The van der Waals surface area contributed by atoms with Crippen molar-refractivity contribution in [2.24, 2.45) is 0 Å². The Kier molecular flexibility index (Phi) is 4.77. The minimum Gasteiger partial charge on any atom is -0.465 e. The molecule has 0 unspecified atom stereocenters. The van der Waals surface area contributed by atoms with Gasteiger partial charge in [0.05, 0.1) is 12.7 Å². The van der Waals surface area contributed by atoms with Crippen LogP contribution < -0.4 is 11.1 Å². The third kappa shape index (κ3) is 3.72. The van der Waals surface area contributed by atoms with Crippen molar-refractivity contribution < 1.29 is 13.9 Å². The molecule has 2 aromatic rings. The monoisotopic (exact) mass is 288 g/mol. The number of carbonyl (C=O) groups excluding carboxylic acids is 1. The number of hydrogen-bond donors (Lipinski definition) is 2. The Labute approximate surface area is 122 Å². The van der Waals surface area contributed by atoms with Crippen LogP contribution in [0.4, 0.5) is 15.8 Å². The summed E-state index contributed by atoms with van der Waals surface area (Å²) in [6.45, 7) is 0.495. The van der Waals surface area contributed by atoms with E-state index >= 15 is 0 Å². The molecule has 5 heteroatoms. The number of carbonyl (C=O) groups is 1. The van der Waals surface area contributed by atoms with Gasteiger partial charge in [0.25, 0.3) is 0 Å². The van der Waals surface area contributed by atoms with E-state index in [-0.39, 0.29) is 5.82 Å². The first-order chi connectivity index (χ1) is 10.1. The van der Waals surface area contributed by atoms with Crippen molar-refractivity contribution in [1.82, 2.24) is 0 Å². The van der Waals surface area contributed by atoms with Gasteiger partial charge in [0.2, 0.25) is 0 Å². The number of methoxy groups -OCH3 is 1. The summed E-state index contributed by atoms with van der Waals surface area (Å²) in [7, 11) is 1.31. The number of rotatable bonds is 5. The summed E-state index contributed by atoms with van der Waals surface area (Å²) in [6, 6.07) is 11.6. The number of nitrogen functional groups attached to an aromatic ring is 1. The molecule has 0 aliphatic rings. The molecular formula is C16H17FN2O2. The van der Waals surface area contributed by atoms with E-state index in [1.807, 2.05) is 0 Å². The average Bonchev–Trinajstić information content (AvgIpc) is 2.49. The quantitative estimate of drug-likeness (QED) is 0.656. The number of hydrogen-bond acceptors (Lipinski definition) is 4. The Morgan fingerprint density at radius 2 is 2.05 bits per heavy atom. The van der Waals surface area contributed by atoms with Crippen molar-refractivity contribution in [2.75, 3.05) is 24.7 Å². The van der Waals surface area contributed by atoms with Crippen molar-refractivity contribution in [1.29, 1.82) is 0 Å². The molecule has 3 N–H and O–H groups in total. The minimum atomic E-state index is -0.462. The fraction of sp³-hybridized carbons (Fsp3) is 0.188. The molecule has 0 bridgehead atoms. The van der Waals surface area contributed by atoms with Crippen molar-refractivity contribution in [2.45, 2.75) is 6.42 Å². The Bertz CT molecular complexity index is 644. The molecule has 0 saturated carbocycles. The van der Waals surface area contributed by atoms with Crippen LogP contribution in [0.5, 0.6) is 0 Å². The summed E-state index contributed by atoms with van der Waals surface area (Å²) in [5.41, 5.74) is 7.77. The van der Waals surface area contributed by atoms with Crippen LogP contribution in [0.2, 0.25) is 0 Å². The lowest BCUT2D eigenvalue weighted by atomic mass is 10.1. The second-order valence-corrected chi connectivity index (χ2v) is 4.56. The van der Waals surface area contributed by atoms with Gasteiger partial charge >= 0.3 is 5.97 Å². The van der Waals surface area contributed by atoms with E-state index in [9.17, 15) is 9.18 Å². The number of anilines is 2. The van der Waals surface area contributed by atoms with Crippen LogP contribution in [0.15, 0.2) is 42.5 Å². The lowest BCUT2D eigenvalue weighted by Gasteiger charge is -2.11. The zero-order valence-electron chi connectivity index (χ0n) is 11.7. The largest absolute Gasteiger partial charge is 0.465 e. The lowest BCUT2D eigenvalue weighted by Crippen LogP contribution is -2.11. The van der Waals surface area contributed by atoms with Crippen molar-refractivity contribution >= 4 is 17.3 Å². The molecule has 2 aromatic carbocycles. The molecule has 0 saturated heterocycles. The number of ether oxygens (including phenoxy) is 1. The van der Waals surface area contributed by atoms with E-state index in [0.29, 0.717) is 35.5 Å². The highest BCUT2D eigenvalue weighted by Gasteiger charge is 2.12. The third-order valence-electron chi connectivity index (χ3n) is 3.12. The lowest BCUT2D eigenvalue weighted by molar-refractivity contribution is 0.0602. The predicted molar refractivity (Wildman–Crippen MR) is 80.8 cm³/mol. The molecule has 0 aromatic heterocycles. The Morgan fingerprint density at radius 1 is 1.29 bits per heavy atom. The van der Waals surface area contributed by atoms with E-state index in [0.717, 1.165) is 0 Å². The summed E-state index contributed by atoms with van der Waals surface area (Å²) < 4.78 is 18.2. The number of nitrogens with two attached hydrogens (primary N) is 1. The number of nitrogens with one attached hydrogen (secondary N) is 1. The van der Waals surface area contributed by atoms with Crippen LogP contribution in [0.3, 0.4) is 0 Å². The summed E-state index contributed by atoms with van der Waals surface area (Å²) in [5, 5.41) is 3.11. The normalized spacial score (nSPS) is 10.2. The van der Waals surface area contributed by atoms with Gasteiger partial charge in [-0.1, -0.05) is 18.2 Å². The molecule has 0 spiro atoms. The maximum atomic E-state index is 13.5. The molecular weight excluding hydrogens is 271 g/mol. The minimum absolute atomic E-state index is 0.232. The van der Waals surface area contributed by atoms with Crippen molar-refractivity contribution in [3.8, 4) is 0 Å². The first kappa shape index (κ1) is 14.8. The van der Waals surface area contributed by atoms with Crippen molar-refractivity contribution in [3.63, 3.8) is 0 Å². The Morgan fingerprint density at radius 3 is 2.76 bits per heavy atom. The van der Waals surface area contributed by atoms with Crippen LogP contribution in [0.25, 0.3) is 0 Å². The maximum absolute atomic E-state index is 13.5. The van der Waals surface area contributed by atoms with Gasteiger partial charge < -0.3 is 15.8 Å². The fourth-order valence-electron chi connectivity index (χ4n) is 2.03. The molecule has 0 atom stereocenters. The third-order valence-corrected chi connectivity index (χ3v) is 3.12. The first-order valence-corrected chi connectivity index (χ1v) is 6.57. The Balaban J connectivity index is 2.07. The highest BCUT2D eigenvalue weighted by Crippen LogP contribution is 2.20. The van der Waals surface area contributed by atoms with E-state index in [2.05, 4.69) is 5.32 Å². The molecule has 21 heavy (non-hydrogen) atoms. The maximum Gasteiger partial charge on any atom is 0.340 e. The van der Waals surface area contributed by atoms with Gasteiger partial charge in [-0.15, -0.1) is 0 Å². The van der Waals surface area contributed by atoms with E-state index in [4.69, 9.17) is 10.5 Å². The van der Waals surface area contributed by atoms with E-state index < -0.39 is 5.97 Å². The molecule has 0 radical (unpaired) electrons. The van der Waals surface area contributed by atoms with Crippen LogP contribution in [-0.4, -0.2) is 19.6 Å².